The van der Waals surface area contributed by atoms with Gasteiger partial charge in [-0.3, -0.25) is 58.7 Å². The number of Topliss-reactive ketones (excluding diaryl/α,β-unsaturated/α-hetero) is 6. The zero-order valence-corrected chi connectivity index (χ0v) is 77.9. The van der Waals surface area contributed by atoms with E-state index in [1.54, 1.807) is 43.4 Å². The summed E-state index contributed by atoms with van der Waals surface area (Å²) in [6.45, 7) is 28.3. The average molecular weight is 1800 g/mol. The van der Waals surface area contributed by atoms with Gasteiger partial charge < -0.3 is 56.8 Å². The molecule has 6 heterocycles. The molecule has 24 heteroatoms. The summed E-state index contributed by atoms with van der Waals surface area (Å²) in [6, 6.07) is 76.3. The Morgan fingerprint density at radius 2 is 0.439 bits per heavy atom. The highest BCUT2D eigenvalue weighted by atomic mass is 16.6. The molecular formula is C108H126N6O18. The maximum atomic E-state index is 11.4. The molecule has 24 nitrogen and oxygen atoms in total. The molecule has 12 rings (SSSR count). The van der Waals surface area contributed by atoms with E-state index in [4.69, 9.17) is 56.8 Å². The zero-order valence-electron chi connectivity index (χ0n) is 77.9. The Labute approximate surface area is 777 Å². The molecule has 0 aliphatic heterocycles. The van der Waals surface area contributed by atoms with Crippen molar-refractivity contribution in [1.82, 2.24) is 29.9 Å². The Morgan fingerprint density at radius 1 is 0.197 bits per heavy atom. The summed E-state index contributed by atoms with van der Waals surface area (Å²) in [5.41, 5.74) is 12.5. The lowest BCUT2D eigenvalue weighted by molar-refractivity contribution is -0.127. The van der Waals surface area contributed by atoms with Gasteiger partial charge in [-0.2, -0.15) is 0 Å². The molecule has 12 aromatic rings. The summed E-state index contributed by atoms with van der Waals surface area (Å²) in [7, 11) is 0. The zero-order chi connectivity index (χ0) is 94.7. The van der Waals surface area contributed by atoms with Gasteiger partial charge in [0.15, 0.2) is 34.7 Å². The summed E-state index contributed by atoms with van der Waals surface area (Å²) in [5, 5.41) is 0. The number of hydrogen-bond acceptors (Lipinski definition) is 24. The monoisotopic (exact) mass is 1790 g/mol. The molecule has 0 radical (unpaired) electrons. The van der Waals surface area contributed by atoms with Gasteiger partial charge in [0, 0.05) is 102 Å². The van der Waals surface area contributed by atoms with Crippen LogP contribution < -0.4 is 28.4 Å². The van der Waals surface area contributed by atoms with Gasteiger partial charge in [0.1, 0.15) is 114 Å². The average Bonchev–Trinajstić information content (AvgIpc) is 0.890. The first kappa shape index (κ1) is 106. The molecule has 0 unspecified atom stereocenters. The molecule has 132 heavy (non-hydrogen) atoms. The number of hydrogen-bond donors (Lipinski definition) is 0. The first-order chi connectivity index (χ1) is 64.0. The first-order valence-corrected chi connectivity index (χ1v) is 44.4. The van der Waals surface area contributed by atoms with Crippen molar-refractivity contribution in [3.8, 4) is 102 Å². The van der Waals surface area contributed by atoms with Crippen LogP contribution in [0.2, 0.25) is 0 Å². The quantitative estimate of drug-likeness (QED) is 0.0320. The Morgan fingerprint density at radius 3 is 0.697 bits per heavy atom. The van der Waals surface area contributed by atoms with Crippen molar-refractivity contribution in [1.29, 1.82) is 0 Å². The first-order valence-electron chi connectivity index (χ1n) is 44.4. The van der Waals surface area contributed by atoms with E-state index in [1.807, 2.05) is 332 Å². The summed E-state index contributed by atoms with van der Waals surface area (Å²) in [5.74, 6) is 5.35. The van der Waals surface area contributed by atoms with Gasteiger partial charge in [-0.15, -0.1) is 0 Å². The molecule has 6 aromatic heterocycles. The predicted octanol–water partition coefficient (Wildman–Crippen LogP) is 20.2. The minimum Gasteiger partial charge on any atom is -0.491 e. The molecule has 0 aliphatic rings. The minimum absolute atomic E-state index is 0.00986. The number of rotatable bonds is 48. The maximum absolute atomic E-state index is 11.4. The van der Waals surface area contributed by atoms with Crippen LogP contribution in [-0.4, -0.2) is 184 Å². The fraction of sp³-hybridized carbons (Fsp3) is 0.333. The summed E-state index contributed by atoms with van der Waals surface area (Å²) in [4.78, 5) is 93.5. The van der Waals surface area contributed by atoms with E-state index in [-0.39, 0.29) is 110 Å². The second kappa shape index (κ2) is 62.2. The van der Waals surface area contributed by atoms with Crippen molar-refractivity contribution in [2.45, 2.75) is 83.1 Å². The fourth-order valence-electron chi connectivity index (χ4n) is 10.9. The second-order valence-electron chi connectivity index (χ2n) is 31.6. The lowest BCUT2D eigenvalue weighted by atomic mass is 10.1. The largest absolute Gasteiger partial charge is 0.491 e. The standard InChI is InChI=1S/6C18H21NO3/c1-14(2)18(20)13-21-11-12-22-17-5-3-15(4-6-17)16-7-9-19-10-8-16;2*1-14(2)18(20)13-21-10-11-22-17-7-5-15(6-8-17)16-4-3-9-19-12-16;2*1-14(2)18(20)13-21-11-12-22-16-8-6-15(7-9-16)17-5-3-4-10-19-17;1-14(2)18(20)13-21-10-11-22-16-8-9-17(19-12-16)15-6-4-3-5-7-15/h3-10,14H,11-13H2,1-2H3;2*3-9,12,14H,10-11,13H2,1-2H3;2*3-10,14H,11-13H2,1-2H3;3-9,12,14H,10-11,13H2,1-2H3. The lowest BCUT2D eigenvalue weighted by Gasteiger charge is -2.08. The van der Waals surface area contributed by atoms with Crippen LogP contribution in [0.25, 0.3) is 67.2 Å². The molecule has 0 saturated heterocycles. The number of ether oxygens (including phenoxy) is 12. The molecule has 0 bridgehead atoms. The molecule has 0 saturated carbocycles. The Kier molecular flexibility index (Phi) is 49.8. The van der Waals surface area contributed by atoms with Crippen molar-refractivity contribution >= 4 is 34.7 Å². The van der Waals surface area contributed by atoms with E-state index < -0.39 is 0 Å². The van der Waals surface area contributed by atoms with E-state index in [9.17, 15) is 28.8 Å². The Hall–Kier alpha value is -13.2. The summed E-state index contributed by atoms with van der Waals surface area (Å²) in [6.07, 6.45) is 16.0. The van der Waals surface area contributed by atoms with Crippen LogP contribution in [0.15, 0.2) is 292 Å². The minimum atomic E-state index is 0.00986. The van der Waals surface area contributed by atoms with Crippen LogP contribution in [0.5, 0.6) is 34.5 Å². The number of carbonyl (C=O) groups is 6. The highest BCUT2D eigenvalue weighted by Gasteiger charge is 2.14. The van der Waals surface area contributed by atoms with Gasteiger partial charge >= 0.3 is 0 Å². The molecule has 0 spiro atoms. The van der Waals surface area contributed by atoms with Gasteiger partial charge in [0.05, 0.1) is 62.9 Å². The van der Waals surface area contributed by atoms with Crippen LogP contribution >= 0.6 is 0 Å². The second-order valence-corrected chi connectivity index (χ2v) is 31.6. The molecule has 0 N–H and O–H groups in total. The van der Waals surface area contributed by atoms with Gasteiger partial charge in [-0.05, 0) is 179 Å². The molecule has 6 aromatic carbocycles. The molecule has 0 fully saturated rings. The number of pyridine rings is 6. The molecule has 0 atom stereocenters. The van der Waals surface area contributed by atoms with Crippen molar-refractivity contribution in [3.63, 3.8) is 0 Å². The SMILES string of the molecule is CC(C)C(=O)COCCOc1ccc(-c2ccccc2)nc1.CC(C)C(=O)COCCOc1ccc(-c2ccccn2)cc1.CC(C)C(=O)COCCOc1ccc(-c2ccccn2)cc1.CC(C)C(=O)COCCOc1ccc(-c2cccnc2)cc1.CC(C)C(=O)COCCOc1ccc(-c2cccnc2)cc1.CC(C)C(=O)COCCOc1ccc(-c2ccncc2)cc1. The topological polar surface area (TPSA) is 291 Å². The van der Waals surface area contributed by atoms with E-state index in [2.05, 4.69) is 29.9 Å². The third-order valence-electron chi connectivity index (χ3n) is 19.3. The maximum Gasteiger partial charge on any atom is 0.160 e. The predicted molar refractivity (Wildman–Crippen MR) is 515 cm³/mol. The number of ketones is 6. The van der Waals surface area contributed by atoms with Crippen molar-refractivity contribution < 1.29 is 85.6 Å². The van der Waals surface area contributed by atoms with Crippen molar-refractivity contribution in [3.05, 3.63) is 292 Å². The van der Waals surface area contributed by atoms with Gasteiger partial charge in [-0.25, -0.2) is 0 Å². The highest BCUT2D eigenvalue weighted by molar-refractivity contribution is 5.84. The van der Waals surface area contributed by atoms with Crippen LogP contribution in [0, 0.1) is 35.5 Å². The smallest absolute Gasteiger partial charge is 0.160 e. The number of benzene rings is 6. The Balaban J connectivity index is 0.000000216. The van der Waals surface area contributed by atoms with E-state index in [0.717, 1.165) is 95.9 Å². The van der Waals surface area contributed by atoms with E-state index in [1.165, 1.54) is 0 Å². The van der Waals surface area contributed by atoms with Crippen LogP contribution in [0.4, 0.5) is 0 Å². The molecule has 0 aliphatic carbocycles. The molecule has 0 amide bonds. The van der Waals surface area contributed by atoms with Gasteiger partial charge in [-0.1, -0.05) is 174 Å². The highest BCUT2D eigenvalue weighted by Crippen LogP contribution is 2.27. The van der Waals surface area contributed by atoms with Crippen LogP contribution in [-0.2, 0) is 57.2 Å². The van der Waals surface area contributed by atoms with Crippen molar-refractivity contribution in [2.24, 2.45) is 35.5 Å². The number of nitrogens with zero attached hydrogens (tertiary/aromatic N) is 6. The molecule has 696 valence electrons. The summed E-state index contributed by atoms with van der Waals surface area (Å²) >= 11 is 0. The van der Waals surface area contributed by atoms with Gasteiger partial charge in [0.2, 0.25) is 0 Å². The third kappa shape index (κ3) is 43.0. The summed E-state index contributed by atoms with van der Waals surface area (Å²) < 4.78 is 65.2. The van der Waals surface area contributed by atoms with E-state index >= 15 is 0 Å². The van der Waals surface area contributed by atoms with Crippen LogP contribution in [0.1, 0.15) is 83.1 Å². The fourth-order valence-corrected chi connectivity index (χ4v) is 10.9. The third-order valence-corrected chi connectivity index (χ3v) is 19.3. The Bertz CT molecular complexity index is 4320. The molecular weight excluding hydrogens is 1670 g/mol. The number of carbonyl (C=O) groups excluding carboxylic acids is 6. The van der Waals surface area contributed by atoms with Gasteiger partial charge in [0.25, 0.3) is 0 Å². The van der Waals surface area contributed by atoms with Crippen molar-refractivity contribution in [2.75, 3.05) is 119 Å². The normalized spacial score (nSPS) is 10.7. The van der Waals surface area contributed by atoms with Crippen LogP contribution in [0.3, 0.4) is 0 Å². The lowest BCUT2D eigenvalue weighted by Crippen LogP contribution is -2.17. The van der Waals surface area contributed by atoms with E-state index in [0.29, 0.717) is 85.0 Å². The number of aromatic nitrogens is 6.